The van der Waals surface area contributed by atoms with Crippen molar-refractivity contribution < 1.29 is 18.4 Å². The Labute approximate surface area is 123 Å². The highest BCUT2D eigenvalue weighted by Gasteiger charge is 2.14. The van der Waals surface area contributed by atoms with E-state index in [2.05, 4.69) is 15.6 Å². The third-order valence-corrected chi connectivity index (χ3v) is 3.69. The summed E-state index contributed by atoms with van der Waals surface area (Å²) in [6.45, 7) is 3.05. The van der Waals surface area contributed by atoms with Gasteiger partial charge in [0.05, 0.1) is 16.3 Å². The van der Waals surface area contributed by atoms with E-state index in [4.69, 9.17) is 0 Å². The van der Waals surface area contributed by atoms with Gasteiger partial charge in [-0.1, -0.05) is 11.3 Å². The molecule has 0 unspecified atom stereocenters. The number of anilines is 2. The quantitative estimate of drug-likeness (QED) is 0.851. The van der Waals surface area contributed by atoms with Crippen LogP contribution in [0.15, 0.2) is 18.2 Å². The molecular weight excluding hydrogens is 300 g/mol. The predicted molar refractivity (Wildman–Crippen MR) is 75.9 cm³/mol. The Morgan fingerprint density at radius 1 is 1.24 bits per heavy atom. The van der Waals surface area contributed by atoms with E-state index in [0.717, 1.165) is 23.5 Å². The molecule has 21 heavy (non-hydrogen) atoms. The lowest BCUT2D eigenvalue weighted by Gasteiger charge is -2.06. The minimum atomic E-state index is -0.884. The van der Waals surface area contributed by atoms with Gasteiger partial charge in [0.25, 0.3) is 0 Å². The topological polar surface area (TPSA) is 71.1 Å². The fourth-order valence-electron chi connectivity index (χ4n) is 1.62. The van der Waals surface area contributed by atoms with Gasteiger partial charge in [-0.25, -0.2) is 18.6 Å². The monoisotopic (exact) mass is 311 g/mol. The summed E-state index contributed by atoms with van der Waals surface area (Å²) in [5.74, 6) is -1.77. The maximum atomic E-state index is 13.4. The van der Waals surface area contributed by atoms with Crippen molar-refractivity contribution in [2.75, 3.05) is 10.6 Å². The molecule has 0 fully saturated rings. The molecule has 0 saturated carbocycles. The summed E-state index contributed by atoms with van der Waals surface area (Å²) in [5, 5.41) is 4.85. The Hall–Kier alpha value is -2.35. The van der Waals surface area contributed by atoms with E-state index in [1.807, 2.05) is 0 Å². The average molecular weight is 311 g/mol. The van der Waals surface area contributed by atoms with Gasteiger partial charge in [-0.2, -0.15) is 0 Å². The molecule has 2 aromatic rings. The number of carbonyl (C=O) groups is 2. The van der Waals surface area contributed by atoms with Crippen LogP contribution in [-0.2, 0) is 0 Å². The Morgan fingerprint density at radius 2 is 1.95 bits per heavy atom. The molecule has 5 nitrogen and oxygen atoms in total. The number of nitrogens with zero attached hydrogens (tertiary/aromatic N) is 1. The number of halogens is 2. The van der Waals surface area contributed by atoms with Crippen molar-refractivity contribution in [3.05, 3.63) is 40.4 Å². The first-order valence-electron chi connectivity index (χ1n) is 5.88. The zero-order valence-corrected chi connectivity index (χ0v) is 12.0. The lowest BCUT2D eigenvalue weighted by molar-refractivity contribution is 0.102. The van der Waals surface area contributed by atoms with Crippen LogP contribution in [0.5, 0.6) is 0 Å². The van der Waals surface area contributed by atoms with Crippen LogP contribution in [0.25, 0.3) is 0 Å². The number of aromatic nitrogens is 1. The number of aryl methyl sites for hydroxylation is 1. The summed E-state index contributed by atoms with van der Waals surface area (Å²) in [5.41, 5.74) is 0.352. The molecule has 8 heteroatoms. The number of benzene rings is 1. The van der Waals surface area contributed by atoms with Crippen LogP contribution >= 0.6 is 11.3 Å². The average Bonchev–Trinajstić information content (AvgIpc) is 2.74. The number of hydrogen-bond acceptors (Lipinski definition) is 4. The normalized spacial score (nSPS) is 10.3. The number of rotatable bonds is 3. The number of carbonyl (C=O) groups excluding carboxylic acids is 2. The maximum Gasteiger partial charge on any atom is 0.325 e. The van der Waals surface area contributed by atoms with E-state index >= 15 is 0 Å². The zero-order chi connectivity index (χ0) is 15.6. The van der Waals surface area contributed by atoms with Crippen LogP contribution in [0.3, 0.4) is 0 Å². The molecule has 0 atom stereocenters. The number of thiazole rings is 1. The molecule has 0 spiro atoms. The number of nitrogens with one attached hydrogen (secondary N) is 2. The van der Waals surface area contributed by atoms with E-state index in [9.17, 15) is 18.4 Å². The number of amides is 2. The molecule has 2 rings (SSSR count). The SMILES string of the molecule is CC(=O)c1sc(NC(=O)Nc2ccc(F)cc2F)nc1C. The van der Waals surface area contributed by atoms with E-state index < -0.39 is 17.7 Å². The fourth-order valence-corrected chi connectivity index (χ4v) is 2.47. The first-order chi connectivity index (χ1) is 9.86. The Kier molecular flexibility index (Phi) is 4.27. The van der Waals surface area contributed by atoms with Gasteiger partial charge in [0.15, 0.2) is 10.9 Å². The standard InChI is InChI=1S/C13H11F2N3O2S/c1-6-11(7(2)19)21-13(16-6)18-12(20)17-10-4-3-8(14)5-9(10)15/h3-5H,1-2H3,(H2,16,17,18,20). The number of Topliss-reactive ketones (excluding diaryl/α,β-unsaturated/α-hetero) is 1. The smallest absolute Gasteiger partial charge is 0.305 e. The van der Waals surface area contributed by atoms with Gasteiger partial charge in [0, 0.05) is 13.0 Å². The molecule has 0 aliphatic carbocycles. The van der Waals surface area contributed by atoms with Gasteiger partial charge < -0.3 is 5.32 Å². The number of ketones is 1. The first-order valence-corrected chi connectivity index (χ1v) is 6.70. The van der Waals surface area contributed by atoms with Crippen molar-refractivity contribution in [2.45, 2.75) is 13.8 Å². The number of hydrogen-bond donors (Lipinski definition) is 2. The van der Waals surface area contributed by atoms with Crippen LogP contribution in [0.1, 0.15) is 22.3 Å². The van der Waals surface area contributed by atoms with Crippen molar-refractivity contribution in [1.29, 1.82) is 0 Å². The van der Waals surface area contributed by atoms with Crippen molar-refractivity contribution in [1.82, 2.24) is 4.98 Å². The summed E-state index contributed by atoms with van der Waals surface area (Å²) < 4.78 is 26.1. The van der Waals surface area contributed by atoms with Gasteiger partial charge in [-0.3, -0.25) is 10.1 Å². The molecule has 0 bridgehead atoms. The van der Waals surface area contributed by atoms with Crippen LogP contribution in [0.4, 0.5) is 24.4 Å². The number of urea groups is 1. The summed E-state index contributed by atoms with van der Waals surface area (Å²) in [4.78, 5) is 27.5. The third kappa shape index (κ3) is 3.60. The van der Waals surface area contributed by atoms with Gasteiger partial charge >= 0.3 is 6.03 Å². The summed E-state index contributed by atoms with van der Waals surface area (Å²) in [6, 6.07) is 2.07. The molecule has 2 amide bonds. The molecule has 0 aliphatic rings. The highest BCUT2D eigenvalue weighted by molar-refractivity contribution is 7.17. The lowest BCUT2D eigenvalue weighted by atomic mass is 10.3. The second-order valence-electron chi connectivity index (χ2n) is 4.19. The maximum absolute atomic E-state index is 13.4. The molecule has 1 aromatic heterocycles. The molecular formula is C13H11F2N3O2S. The second kappa shape index (κ2) is 5.96. The molecule has 0 radical (unpaired) electrons. The minimum Gasteiger partial charge on any atom is -0.305 e. The van der Waals surface area contributed by atoms with Crippen molar-refractivity contribution >= 4 is 34.0 Å². The van der Waals surface area contributed by atoms with Crippen LogP contribution in [-0.4, -0.2) is 16.8 Å². The Morgan fingerprint density at radius 3 is 2.52 bits per heavy atom. The van der Waals surface area contributed by atoms with Crippen molar-refractivity contribution in [3.63, 3.8) is 0 Å². The summed E-state index contributed by atoms with van der Waals surface area (Å²) in [6.07, 6.45) is 0. The largest absolute Gasteiger partial charge is 0.325 e. The van der Waals surface area contributed by atoms with Gasteiger partial charge in [0.2, 0.25) is 0 Å². The minimum absolute atomic E-state index is 0.150. The zero-order valence-electron chi connectivity index (χ0n) is 11.2. The fraction of sp³-hybridized carbons (Fsp3) is 0.154. The first kappa shape index (κ1) is 15.0. The molecule has 1 heterocycles. The molecule has 110 valence electrons. The lowest BCUT2D eigenvalue weighted by Crippen LogP contribution is -2.20. The highest BCUT2D eigenvalue weighted by atomic mass is 32.1. The predicted octanol–water partition coefficient (Wildman–Crippen LogP) is 3.58. The summed E-state index contributed by atoms with van der Waals surface area (Å²) in [7, 11) is 0. The highest BCUT2D eigenvalue weighted by Crippen LogP contribution is 2.23. The van der Waals surface area contributed by atoms with E-state index in [1.165, 1.54) is 6.92 Å². The second-order valence-corrected chi connectivity index (χ2v) is 5.19. The van der Waals surface area contributed by atoms with Crippen LogP contribution in [0.2, 0.25) is 0 Å². The van der Waals surface area contributed by atoms with E-state index in [0.29, 0.717) is 16.6 Å². The Bertz CT molecular complexity index is 715. The van der Waals surface area contributed by atoms with Gasteiger partial charge in [0.1, 0.15) is 11.6 Å². The van der Waals surface area contributed by atoms with E-state index in [1.54, 1.807) is 6.92 Å². The third-order valence-electron chi connectivity index (χ3n) is 2.52. The Balaban J connectivity index is 2.08. The molecule has 1 aromatic carbocycles. The summed E-state index contributed by atoms with van der Waals surface area (Å²) >= 11 is 1.03. The van der Waals surface area contributed by atoms with Crippen LogP contribution in [0, 0.1) is 18.6 Å². The van der Waals surface area contributed by atoms with Crippen molar-refractivity contribution in [2.24, 2.45) is 0 Å². The van der Waals surface area contributed by atoms with E-state index in [-0.39, 0.29) is 16.6 Å². The molecule has 2 N–H and O–H groups in total. The van der Waals surface area contributed by atoms with Crippen LogP contribution < -0.4 is 10.6 Å². The van der Waals surface area contributed by atoms with Crippen molar-refractivity contribution in [3.8, 4) is 0 Å². The molecule has 0 aliphatic heterocycles. The molecule has 0 saturated heterocycles. The van der Waals surface area contributed by atoms with Gasteiger partial charge in [-0.05, 0) is 19.1 Å². The van der Waals surface area contributed by atoms with Gasteiger partial charge in [-0.15, -0.1) is 0 Å².